The molecule has 3 atom stereocenters. The van der Waals surface area contributed by atoms with Gasteiger partial charge < -0.3 is 4.74 Å². The fourth-order valence-corrected chi connectivity index (χ4v) is 4.23. The number of benzene rings is 1. The standard InChI is InChI=1S/C19H22N2O3/c1-11(2)21-18(22)15-6-4-3-5-14(15)17(20-21)19(23)24-16-10-12-7-8-13(16)9-12/h3-6,11-13,16H,7-10H2,1-2H3/t12-,13-,16-/m0/s1. The van der Waals surface area contributed by atoms with Gasteiger partial charge in [-0.15, -0.1) is 0 Å². The Morgan fingerprint density at radius 2 is 1.96 bits per heavy atom. The molecule has 0 N–H and O–H groups in total. The van der Waals surface area contributed by atoms with Crippen molar-refractivity contribution in [2.24, 2.45) is 11.8 Å². The highest BCUT2D eigenvalue weighted by atomic mass is 16.5. The lowest BCUT2D eigenvalue weighted by molar-refractivity contribution is 0.0151. The number of esters is 1. The van der Waals surface area contributed by atoms with Crippen LogP contribution in [0.25, 0.3) is 10.8 Å². The summed E-state index contributed by atoms with van der Waals surface area (Å²) < 4.78 is 7.17. The summed E-state index contributed by atoms with van der Waals surface area (Å²) in [4.78, 5) is 25.3. The molecule has 1 aromatic carbocycles. The normalized spacial score (nSPS) is 25.5. The average molecular weight is 326 g/mol. The zero-order valence-electron chi connectivity index (χ0n) is 14.1. The summed E-state index contributed by atoms with van der Waals surface area (Å²) >= 11 is 0. The second-order valence-electron chi connectivity index (χ2n) is 7.36. The van der Waals surface area contributed by atoms with E-state index in [2.05, 4.69) is 5.10 Å². The van der Waals surface area contributed by atoms with Gasteiger partial charge in [0.2, 0.25) is 0 Å². The van der Waals surface area contributed by atoms with Crippen molar-refractivity contribution in [1.82, 2.24) is 9.78 Å². The van der Waals surface area contributed by atoms with Gasteiger partial charge in [0, 0.05) is 5.39 Å². The van der Waals surface area contributed by atoms with Crippen LogP contribution < -0.4 is 5.56 Å². The van der Waals surface area contributed by atoms with Crippen LogP contribution in [0.4, 0.5) is 0 Å². The minimum Gasteiger partial charge on any atom is -0.457 e. The molecule has 4 rings (SSSR count). The molecular weight excluding hydrogens is 304 g/mol. The van der Waals surface area contributed by atoms with Gasteiger partial charge in [-0.05, 0) is 57.4 Å². The number of nitrogens with zero attached hydrogens (tertiary/aromatic N) is 2. The summed E-state index contributed by atoms with van der Waals surface area (Å²) in [7, 11) is 0. The fraction of sp³-hybridized carbons (Fsp3) is 0.526. The van der Waals surface area contributed by atoms with Crippen molar-refractivity contribution in [3.05, 3.63) is 40.3 Å². The van der Waals surface area contributed by atoms with Crippen LogP contribution in [0.3, 0.4) is 0 Å². The van der Waals surface area contributed by atoms with E-state index in [4.69, 9.17) is 4.74 Å². The summed E-state index contributed by atoms with van der Waals surface area (Å²) in [5.74, 6) is 0.807. The first-order valence-corrected chi connectivity index (χ1v) is 8.77. The van der Waals surface area contributed by atoms with E-state index >= 15 is 0 Å². The van der Waals surface area contributed by atoms with Crippen LogP contribution in [0.15, 0.2) is 29.1 Å². The molecule has 24 heavy (non-hydrogen) atoms. The zero-order chi connectivity index (χ0) is 16.8. The number of hydrogen-bond donors (Lipinski definition) is 0. The summed E-state index contributed by atoms with van der Waals surface area (Å²) in [6.45, 7) is 3.77. The Kier molecular flexibility index (Phi) is 3.66. The van der Waals surface area contributed by atoms with Gasteiger partial charge in [-0.3, -0.25) is 4.79 Å². The monoisotopic (exact) mass is 326 g/mol. The van der Waals surface area contributed by atoms with Gasteiger partial charge in [0.15, 0.2) is 5.69 Å². The molecular formula is C19H22N2O3. The van der Waals surface area contributed by atoms with E-state index in [0.29, 0.717) is 22.6 Å². The molecule has 5 heteroatoms. The number of fused-ring (bicyclic) bond motifs is 3. The van der Waals surface area contributed by atoms with E-state index in [0.717, 1.165) is 12.8 Å². The molecule has 2 bridgehead atoms. The molecule has 2 aromatic rings. The van der Waals surface area contributed by atoms with Crippen molar-refractivity contribution in [2.75, 3.05) is 0 Å². The van der Waals surface area contributed by atoms with Crippen LogP contribution in [0.5, 0.6) is 0 Å². The third-order valence-electron chi connectivity index (χ3n) is 5.44. The van der Waals surface area contributed by atoms with E-state index in [1.165, 1.54) is 17.5 Å². The van der Waals surface area contributed by atoms with Crippen LogP contribution in [-0.2, 0) is 4.74 Å². The maximum absolute atomic E-state index is 12.8. The van der Waals surface area contributed by atoms with E-state index in [-0.39, 0.29) is 23.4 Å². The number of ether oxygens (including phenoxy) is 1. The van der Waals surface area contributed by atoms with Crippen LogP contribution in [0.1, 0.15) is 56.1 Å². The van der Waals surface area contributed by atoms with Crippen molar-refractivity contribution >= 4 is 16.7 Å². The van der Waals surface area contributed by atoms with Gasteiger partial charge >= 0.3 is 5.97 Å². The third-order valence-corrected chi connectivity index (χ3v) is 5.44. The molecule has 0 amide bonds. The molecule has 0 saturated heterocycles. The molecule has 126 valence electrons. The Bertz CT molecular complexity index is 855. The van der Waals surface area contributed by atoms with Crippen LogP contribution in [0.2, 0.25) is 0 Å². The Balaban J connectivity index is 1.73. The highest BCUT2D eigenvalue weighted by Gasteiger charge is 2.42. The molecule has 0 radical (unpaired) electrons. The fourth-order valence-electron chi connectivity index (χ4n) is 4.23. The second-order valence-corrected chi connectivity index (χ2v) is 7.36. The molecule has 5 nitrogen and oxygen atoms in total. The highest BCUT2D eigenvalue weighted by Crippen LogP contribution is 2.46. The third kappa shape index (κ3) is 2.43. The quantitative estimate of drug-likeness (QED) is 0.812. The lowest BCUT2D eigenvalue weighted by Gasteiger charge is -2.22. The number of rotatable bonds is 3. The molecule has 2 aliphatic carbocycles. The van der Waals surface area contributed by atoms with Crippen molar-refractivity contribution in [2.45, 2.75) is 51.7 Å². The molecule has 1 aromatic heterocycles. The maximum atomic E-state index is 12.8. The smallest absolute Gasteiger partial charge is 0.359 e. The van der Waals surface area contributed by atoms with Crippen molar-refractivity contribution < 1.29 is 9.53 Å². The molecule has 0 aliphatic heterocycles. The van der Waals surface area contributed by atoms with Crippen LogP contribution >= 0.6 is 0 Å². The van der Waals surface area contributed by atoms with E-state index in [1.807, 2.05) is 19.9 Å². The molecule has 2 fully saturated rings. The number of carbonyl (C=O) groups is 1. The topological polar surface area (TPSA) is 61.2 Å². The number of carbonyl (C=O) groups excluding carboxylic acids is 1. The predicted molar refractivity (Wildman–Crippen MR) is 91.0 cm³/mol. The lowest BCUT2D eigenvalue weighted by Crippen LogP contribution is -2.30. The Morgan fingerprint density at radius 3 is 2.58 bits per heavy atom. The zero-order valence-corrected chi connectivity index (χ0v) is 14.1. The van der Waals surface area contributed by atoms with Gasteiger partial charge in [0.05, 0.1) is 11.4 Å². The largest absolute Gasteiger partial charge is 0.457 e. The molecule has 0 unspecified atom stereocenters. The van der Waals surface area contributed by atoms with Crippen molar-refractivity contribution in [1.29, 1.82) is 0 Å². The Morgan fingerprint density at radius 1 is 1.21 bits per heavy atom. The predicted octanol–water partition coefficient (Wildman–Crippen LogP) is 3.32. The van der Waals surface area contributed by atoms with Crippen LogP contribution in [-0.4, -0.2) is 21.9 Å². The summed E-state index contributed by atoms with van der Waals surface area (Å²) in [6, 6.07) is 7.02. The van der Waals surface area contributed by atoms with Gasteiger partial charge in [0.1, 0.15) is 6.10 Å². The van der Waals surface area contributed by atoms with Gasteiger partial charge in [-0.2, -0.15) is 5.10 Å². The average Bonchev–Trinajstić information content (AvgIpc) is 3.18. The minimum atomic E-state index is -0.404. The molecule has 0 spiro atoms. The van der Waals surface area contributed by atoms with Crippen molar-refractivity contribution in [3.63, 3.8) is 0 Å². The molecule has 2 saturated carbocycles. The lowest BCUT2D eigenvalue weighted by atomic mass is 9.98. The summed E-state index contributed by atoms with van der Waals surface area (Å²) in [5, 5.41) is 5.42. The first-order valence-electron chi connectivity index (χ1n) is 8.77. The first-order chi connectivity index (χ1) is 11.5. The number of aromatic nitrogens is 2. The number of hydrogen-bond acceptors (Lipinski definition) is 4. The molecule has 2 aliphatic rings. The first kappa shape index (κ1) is 15.4. The Hall–Kier alpha value is -2.17. The van der Waals surface area contributed by atoms with Crippen molar-refractivity contribution in [3.8, 4) is 0 Å². The van der Waals surface area contributed by atoms with Gasteiger partial charge in [-0.1, -0.05) is 18.2 Å². The van der Waals surface area contributed by atoms with E-state index < -0.39 is 5.97 Å². The van der Waals surface area contributed by atoms with Crippen LogP contribution in [0, 0.1) is 11.8 Å². The maximum Gasteiger partial charge on any atom is 0.359 e. The summed E-state index contributed by atoms with van der Waals surface area (Å²) in [6.07, 6.45) is 4.58. The Labute approximate surface area is 140 Å². The highest BCUT2D eigenvalue weighted by molar-refractivity contribution is 6.02. The van der Waals surface area contributed by atoms with E-state index in [9.17, 15) is 9.59 Å². The van der Waals surface area contributed by atoms with Gasteiger partial charge in [0.25, 0.3) is 5.56 Å². The summed E-state index contributed by atoms with van der Waals surface area (Å²) in [5.41, 5.74) is 0.0822. The SMILES string of the molecule is CC(C)n1nc(C(=O)O[C@H]2C[C@H]3CC[C@H]2C3)c2ccccc2c1=O. The van der Waals surface area contributed by atoms with E-state index in [1.54, 1.807) is 18.2 Å². The minimum absolute atomic E-state index is 0.0104. The van der Waals surface area contributed by atoms with Gasteiger partial charge in [-0.25, -0.2) is 9.48 Å². The second kappa shape index (κ2) is 5.72. The molecule has 1 heterocycles.